The van der Waals surface area contributed by atoms with Crippen LogP contribution in [0.5, 0.6) is 0 Å². The number of benzene rings is 2. The van der Waals surface area contributed by atoms with E-state index < -0.39 is 25.0 Å². The molecule has 152 valence electrons. The largest absolute Gasteiger partial charge is 0.468 e. The standard InChI is InChI=1S/C17H15N3O7S2/c21-20(22)14-5-9-17(10-6-14)29(25,26)19-13-3-7-16(8-4-13)28(23,24)18-12-15-2-1-11-27-15/h1-11,18-19H,12H2. The van der Waals surface area contributed by atoms with Crippen LogP contribution in [0.2, 0.25) is 0 Å². The summed E-state index contributed by atoms with van der Waals surface area (Å²) in [5, 5.41) is 10.7. The first-order valence-corrected chi connectivity index (χ1v) is 11.0. The van der Waals surface area contributed by atoms with Gasteiger partial charge in [-0.25, -0.2) is 21.6 Å². The van der Waals surface area contributed by atoms with Crippen molar-refractivity contribution in [3.8, 4) is 0 Å². The maximum Gasteiger partial charge on any atom is 0.269 e. The predicted octanol–water partition coefficient (Wildman–Crippen LogP) is 2.47. The summed E-state index contributed by atoms with van der Waals surface area (Å²) < 4.78 is 59.0. The third-order valence-corrected chi connectivity index (χ3v) is 6.61. The van der Waals surface area contributed by atoms with Gasteiger partial charge < -0.3 is 4.42 Å². The fourth-order valence-corrected chi connectivity index (χ4v) is 4.38. The molecule has 0 saturated carbocycles. The Morgan fingerprint density at radius 3 is 2.00 bits per heavy atom. The Bertz CT molecular complexity index is 1200. The van der Waals surface area contributed by atoms with Gasteiger partial charge in [0.2, 0.25) is 10.0 Å². The Morgan fingerprint density at radius 1 is 0.862 bits per heavy atom. The van der Waals surface area contributed by atoms with Crippen molar-refractivity contribution >= 4 is 31.4 Å². The summed E-state index contributed by atoms with van der Waals surface area (Å²) in [6.45, 7) is -0.0240. The normalized spacial score (nSPS) is 11.9. The molecule has 0 spiro atoms. The Kier molecular flexibility index (Phi) is 5.68. The summed E-state index contributed by atoms with van der Waals surface area (Å²) in [7, 11) is -7.81. The Balaban J connectivity index is 1.71. The third kappa shape index (κ3) is 4.99. The van der Waals surface area contributed by atoms with Crippen molar-refractivity contribution in [2.24, 2.45) is 0 Å². The van der Waals surface area contributed by atoms with Crippen molar-refractivity contribution in [3.05, 3.63) is 82.8 Å². The molecule has 2 aromatic carbocycles. The van der Waals surface area contributed by atoms with E-state index >= 15 is 0 Å². The van der Waals surface area contributed by atoms with E-state index in [1.165, 1.54) is 30.5 Å². The maximum atomic E-state index is 12.4. The topological polar surface area (TPSA) is 149 Å². The van der Waals surface area contributed by atoms with Gasteiger partial charge in [0.15, 0.2) is 0 Å². The molecular formula is C17H15N3O7S2. The van der Waals surface area contributed by atoms with Crippen molar-refractivity contribution in [1.82, 2.24) is 4.72 Å². The molecule has 1 heterocycles. The van der Waals surface area contributed by atoms with Crippen molar-refractivity contribution < 1.29 is 26.2 Å². The zero-order valence-corrected chi connectivity index (χ0v) is 16.3. The lowest BCUT2D eigenvalue weighted by atomic mass is 10.3. The van der Waals surface area contributed by atoms with Crippen molar-refractivity contribution in [1.29, 1.82) is 0 Å². The average Bonchev–Trinajstić information content (AvgIpc) is 3.20. The third-order valence-electron chi connectivity index (χ3n) is 3.79. The lowest BCUT2D eigenvalue weighted by molar-refractivity contribution is -0.384. The zero-order valence-electron chi connectivity index (χ0n) is 14.7. The highest BCUT2D eigenvalue weighted by molar-refractivity contribution is 7.92. The predicted molar refractivity (Wildman–Crippen MR) is 103 cm³/mol. The van der Waals surface area contributed by atoms with Crippen LogP contribution in [-0.2, 0) is 26.6 Å². The first-order chi connectivity index (χ1) is 13.7. The van der Waals surface area contributed by atoms with Crippen LogP contribution in [0.4, 0.5) is 11.4 Å². The molecule has 0 radical (unpaired) electrons. The van der Waals surface area contributed by atoms with Crippen LogP contribution >= 0.6 is 0 Å². The monoisotopic (exact) mass is 437 g/mol. The molecule has 0 aliphatic carbocycles. The van der Waals surface area contributed by atoms with Gasteiger partial charge in [-0.1, -0.05) is 0 Å². The van der Waals surface area contributed by atoms with Crippen LogP contribution in [0.15, 0.2) is 81.1 Å². The van der Waals surface area contributed by atoms with Gasteiger partial charge in [0, 0.05) is 17.8 Å². The summed E-state index contributed by atoms with van der Waals surface area (Å²) in [5.41, 5.74) is -0.103. The zero-order chi connectivity index (χ0) is 21.1. The van der Waals surface area contributed by atoms with Gasteiger partial charge in [-0.15, -0.1) is 0 Å². The molecule has 1 aromatic heterocycles. The number of nitrogens with one attached hydrogen (secondary N) is 2. The molecule has 0 aliphatic rings. The van der Waals surface area contributed by atoms with Crippen LogP contribution in [0.3, 0.4) is 0 Å². The van der Waals surface area contributed by atoms with E-state index in [-0.39, 0.29) is 27.7 Å². The summed E-state index contributed by atoms with van der Waals surface area (Å²) in [6.07, 6.45) is 1.43. The second-order valence-electron chi connectivity index (χ2n) is 5.78. The maximum absolute atomic E-state index is 12.4. The summed E-state index contributed by atoms with van der Waals surface area (Å²) in [5.74, 6) is 0.445. The summed E-state index contributed by atoms with van der Waals surface area (Å²) >= 11 is 0. The number of rotatable bonds is 8. The highest BCUT2D eigenvalue weighted by Gasteiger charge is 2.18. The van der Waals surface area contributed by atoms with Gasteiger partial charge in [0.1, 0.15) is 5.76 Å². The molecule has 0 aliphatic heterocycles. The molecule has 0 fully saturated rings. The molecule has 0 bridgehead atoms. The van der Waals surface area contributed by atoms with E-state index in [0.29, 0.717) is 5.76 Å². The fraction of sp³-hybridized carbons (Fsp3) is 0.0588. The number of nitro groups is 1. The lowest BCUT2D eigenvalue weighted by Crippen LogP contribution is -2.23. The Morgan fingerprint density at radius 2 is 1.45 bits per heavy atom. The van der Waals surface area contributed by atoms with E-state index in [4.69, 9.17) is 4.42 Å². The highest BCUT2D eigenvalue weighted by atomic mass is 32.2. The smallest absolute Gasteiger partial charge is 0.269 e. The first kappa shape index (κ1) is 20.5. The number of hydrogen-bond donors (Lipinski definition) is 2. The molecular weight excluding hydrogens is 422 g/mol. The number of sulfonamides is 2. The molecule has 0 atom stereocenters. The second kappa shape index (κ2) is 8.03. The van der Waals surface area contributed by atoms with Crippen molar-refractivity contribution in [2.75, 3.05) is 4.72 Å². The number of nitrogens with zero attached hydrogens (tertiary/aromatic N) is 1. The molecule has 0 unspecified atom stereocenters. The van der Waals surface area contributed by atoms with Crippen LogP contribution in [0, 0.1) is 10.1 Å². The fourth-order valence-electron chi connectivity index (χ4n) is 2.33. The average molecular weight is 437 g/mol. The summed E-state index contributed by atoms with van der Waals surface area (Å²) in [4.78, 5) is 9.80. The number of non-ortho nitro benzene ring substituents is 1. The lowest BCUT2D eigenvalue weighted by Gasteiger charge is -2.09. The minimum Gasteiger partial charge on any atom is -0.468 e. The van der Waals surface area contributed by atoms with Gasteiger partial charge in [-0.2, -0.15) is 0 Å². The Labute approximate surface area is 166 Å². The van der Waals surface area contributed by atoms with Gasteiger partial charge in [-0.3, -0.25) is 14.8 Å². The van der Waals surface area contributed by atoms with Gasteiger partial charge >= 0.3 is 0 Å². The van der Waals surface area contributed by atoms with Crippen LogP contribution < -0.4 is 9.44 Å². The minimum absolute atomic E-state index is 0.0240. The summed E-state index contributed by atoms with van der Waals surface area (Å²) in [6, 6.07) is 12.7. The minimum atomic E-state index is -3.99. The molecule has 0 amide bonds. The molecule has 3 rings (SSSR count). The number of anilines is 1. The number of nitro benzene ring substituents is 1. The molecule has 2 N–H and O–H groups in total. The SMILES string of the molecule is O=[N+]([O-])c1ccc(S(=O)(=O)Nc2ccc(S(=O)(=O)NCc3ccco3)cc2)cc1. The first-order valence-electron chi connectivity index (χ1n) is 8.07. The van der Waals surface area contributed by atoms with Gasteiger partial charge in [0.05, 0.1) is 27.5 Å². The van der Waals surface area contributed by atoms with Gasteiger partial charge in [0.25, 0.3) is 15.7 Å². The number of furan rings is 1. The van der Waals surface area contributed by atoms with E-state index in [1.54, 1.807) is 12.1 Å². The second-order valence-corrected chi connectivity index (χ2v) is 9.23. The molecule has 10 nitrogen and oxygen atoms in total. The van der Waals surface area contributed by atoms with E-state index in [0.717, 1.165) is 24.3 Å². The molecule has 0 saturated heterocycles. The van der Waals surface area contributed by atoms with E-state index in [2.05, 4.69) is 9.44 Å². The van der Waals surface area contributed by atoms with E-state index in [9.17, 15) is 26.9 Å². The van der Waals surface area contributed by atoms with Crippen LogP contribution in [-0.4, -0.2) is 21.8 Å². The van der Waals surface area contributed by atoms with Crippen molar-refractivity contribution in [3.63, 3.8) is 0 Å². The Hall–Kier alpha value is -3.22. The molecule has 3 aromatic rings. The molecule has 29 heavy (non-hydrogen) atoms. The molecule has 12 heteroatoms. The van der Waals surface area contributed by atoms with Gasteiger partial charge in [-0.05, 0) is 48.5 Å². The number of hydrogen-bond acceptors (Lipinski definition) is 7. The quantitative estimate of drug-likeness (QED) is 0.406. The van der Waals surface area contributed by atoms with Crippen LogP contribution in [0.1, 0.15) is 5.76 Å². The van der Waals surface area contributed by atoms with E-state index in [1.807, 2.05) is 0 Å². The van der Waals surface area contributed by atoms with Crippen LogP contribution in [0.25, 0.3) is 0 Å². The highest BCUT2D eigenvalue weighted by Crippen LogP contribution is 2.20. The van der Waals surface area contributed by atoms with Crippen molar-refractivity contribution in [2.45, 2.75) is 16.3 Å².